The van der Waals surface area contributed by atoms with Crippen LogP contribution in [0.4, 0.5) is 0 Å². The molecular formula is C18H26N2O. The van der Waals surface area contributed by atoms with E-state index >= 15 is 0 Å². The molecule has 3 heteroatoms. The van der Waals surface area contributed by atoms with Crippen LogP contribution in [-0.2, 0) is 6.54 Å². The smallest absolute Gasteiger partial charge is 0.128 e. The minimum Gasteiger partial charge on any atom is -0.496 e. The van der Waals surface area contributed by atoms with Crippen molar-refractivity contribution in [3.05, 3.63) is 30.5 Å². The third kappa shape index (κ3) is 3.41. The highest BCUT2D eigenvalue weighted by molar-refractivity contribution is 5.86. The second-order valence-electron chi connectivity index (χ2n) is 6.04. The van der Waals surface area contributed by atoms with Crippen molar-refractivity contribution >= 4 is 10.9 Å². The second kappa shape index (κ2) is 6.99. The molecule has 0 amide bonds. The topological polar surface area (TPSA) is 26.2 Å². The summed E-state index contributed by atoms with van der Waals surface area (Å²) in [6.45, 7) is 2.19. The van der Waals surface area contributed by atoms with Gasteiger partial charge in [-0.05, 0) is 44.0 Å². The quantitative estimate of drug-likeness (QED) is 0.813. The molecule has 1 N–H and O–H groups in total. The van der Waals surface area contributed by atoms with E-state index in [1.165, 1.54) is 49.4 Å². The first kappa shape index (κ1) is 14.5. The number of ether oxygens (including phenoxy) is 1. The third-order valence-corrected chi connectivity index (χ3v) is 4.61. The van der Waals surface area contributed by atoms with E-state index in [2.05, 4.69) is 34.3 Å². The van der Waals surface area contributed by atoms with Crippen LogP contribution in [0.25, 0.3) is 10.9 Å². The summed E-state index contributed by atoms with van der Waals surface area (Å²) in [6.07, 6.45) is 10.3. The van der Waals surface area contributed by atoms with Crippen molar-refractivity contribution in [2.45, 2.75) is 51.1 Å². The van der Waals surface area contributed by atoms with E-state index in [4.69, 9.17) is 4.74 Å². The molecule has 2 aromatic rings. The van der Waals surface area contributed by atoms with Crippen LogP contribution in [0.1, 0.15) is 38.5 Å². The molecule has 3 nitrogen and oxygen atoms in total. The summed E-state index contributed by atoms with van der Waals surface area (Å²) in [4.78, 5) is 0. The Morgan fingerprint density at radius 1 is 1.19 bits per heavy atom. The number of aryl methyl sites for hydroxylation is 1. The summed E-state index contributed by atoms with van der Waals surface area (Å²) in [7, 11) is 1.74. The van der Waals surface area contributed by atoms with Crippen LogP contribution >= 0.6 is 0 Å². The van der Waals surface area contributed by atoms with Crippen molar-refractivity contribution in [3.8, 4) is 5.75 Å². The number of aromatic nitrogens is 1. The molecule has 0 spiro atoms. The molecule has 1 saturated carbocycles. The minimum absolute atomic E-state index is 0.764. The predicted octanol–water partition coefficient (Wildman–Crippen LogP) is 3.96. The lowest BCUT2D eigenvalue weighted by atomic mass is 9.95. The Bertz CT molecular complexity index is 570. The van der Waals surface area contributed by atoms with Gasteiger partial charge in [0.15, 0.2) is 0 Å². The molecular weight excluding hydrogens is 260 g/mol. The van der Waals surface area contributed by atoms with Crippen molar-refractivity contribution in [2.24, 2.45) is 0 Å². The lowest BCUT2D eigenvalue weighted by Crippen LogP contribution is -2.32. The normalized spacial score (nSPS) is 16.4. The zero-order chi connectivity index (χ0) is 14.5. The second-order valence-corrected chi connectivity index (χ2v) is 6.04. The SMILES string of the molecule is COc1cccc2c1ccn2CCCNC1CCCCC1. The van der Waals surface area contributed by atoms with Crippen molar-refractivity contribution in [3.63, 3.8) is 0 Å². The minimum atomic E-state index is 0.764. The Labute approximate surface area is 127 Å². The Kier molecular flexibility index (Phi) is 4.81. The average molecular weight is 286 g/mol. The molecule has 0 unspecified atom stereocenters. The molecule has 0 bridgehead atoms. The Hall–Kier alpha value is -1.48. The van der Waals surface area contributed by atoms with Gasteiger partial charge in [0.25, 0.3) is 0 Å². The summed E-state index contributed by atoms with van der Waals surface area (Å²) in [5, 5.41) is 4.93. The number of methoxy groups -OCH3 is 1. The highest BCUT2D eigenvalue weighted by atomic mass is 16.5. The summed E-state index contributed by atoms with van der Waals surface area (Å²) < 4.78 is 7.75. The van der Waals surface area contributed by atoms with Gasteiger partial charge >= 0.3 is 0 Å². The maximum absolute atomic E-state index is 5.42. The van der Waals surface area contributed by atoms with Gasteiger partial charge in [0, 0.05) is 24.2 Å². The fourth-order valence-electron chi connectivity index (χ4n) is 3.43. The van der Waals surface area contributed by atoms with Gasteiger partial charge in [-0.1, -0.05) is 25.3 Å². The monoisotopic (exact) mass is 286 g/mol. The van der Waals surface area contributed by atoms with Gasteiger partial charge in [-0.25, -0.2) is 0 Å². The number of nitrogens with zero attached hydrogens (tertiary/aromatic N) is 1. The van der Waals surface area contributed by atoms with Crippen LogP contribution in [0.15, 0.2) is 30.5 Å². The maximum Gasteiger partial charge on any atom is 0.128 e. The zero-order valence-corrected chi connectivity index (χ0v) is 13.0. The van der Waals surface area contributed by atoms with Gasteiger partial charge in [-0.3, -0.25) is 0 Å². The van der Waals surface area contributed by atoms with Crippen LogP contribution in [0.5, 0.6) is 5.75 Å². The number of hydrogen-bond acceptors (Lipinski definition) is 2. The summed E-state index contributed by atoms with van der Waals surface area (Å²) in [6, 6.07) is 9.19. The fraction of sp³-hybridized carbons (Fsp3) is 0.556. The maximum atomic E-state index is 5.42. The van der Waals surface area contributed by atoms with Crippen LogP contribution in [0.3, 0.4) is 0 Å². The molecule has 114 valence electrons. The van der Waals surface area contributed by atoms with E-state index in [0.717, 1.165) is 24.9 Å². The standard InChI is InChI=1S/C18H26N2O/c1-21-18-10-5-9-17-16(18)11-14-20(17)13-6-12-19-15-7-3-2-4-8-15/h5,9-11,14-15,19H,2-4,6-8,12-13H2,1H3. The molecule has 0 saturated heterocycles. The molecule has 1 aliphatic carbocycles. The van der Waals surface area contributed by atoms with Gasteiger partial charge in [0.05, 0.1) is 12.6 Å². The molecule has 3 rings (SSSR count). The summed E-state index contributed by atoms with van der Waals surface area (Å²) >= 11 is 0. The lowest BCUT2D eigenvalue weighted by Gasteiger charge is -2.22. The lowest BCUT2D eigenvalue weighted by molar-refractivity contribution is 0.369. The van der Waals surface area contributed by atoms with Gasteiger partial charge in [0.1, 0.15) is 5.75 Å². The van der Waals surface area contributed by atoms with Crippen molar-refractivity contribution in [1.29, 1.82) is 0 Å². The highest BCUT2D eigenvalue weighted by Gasteiger charge is 2.12. The molecule has 0 aliphatic heterocycles. The molecule has 0 radical (unpaired) electrons. The Balaban J connectivity index is 1.53. The number of nitrogens with one attached hydrogen (secondary N) is 1. The van der Waals surface area contributed by atoms with Crippen molar-refractivity contribution in [1.82, 2.24) is 9.88 Å². The predicted molar refractivity (Wildman–Crippen MR) is 88.0 cm³/mol. The van der Waals surface area contributed by atoms with E-state index in [9.17, 15) is 0 Å². The highest BCUT2D eigenvalue weighted by Crippen LogP contribution is 2.26. The molecule has 21 heavy (non-hydrogen) atoms. The van der Waals surface area contributed by atoms with Gasteiger partial charge in [0.2, 0.25) is 0 Å². The van der Waals surface area contributed by atoms with Crippen LogP contribution in [0.2, 0.25) is 0 Å². The first-order valence-electron chi connectivity index (χ1n) is 8.24. The van der Waals surface area contributed by atoms with E-state index in [0.29, 0.717) is 0 Å². The number of rotatable bonds is 6. The number of benzene rings is 1. The molecule has 0 atom stereocenters. The van der Waals surface area contributed by atoms with E-state index < -0.39 is 0 Å². The third-order valence-electron chi connectivity index (χ3n) is 4.61. The van der Waals surface area contributed by atoms with Gasteiger partial charge < -0.3 is 14.6 Å². The molecule has 1 heterocycles. The van der Waals surface area contributed by atoms with Crippen LogP contribution in [0, 0.1) is 0 Å². The summed E-state index contributed by atoms with van der Waals surface area (Å²) in [5.41, 5.74) is 1.27. The van der Waals surface area contributed by atoms with Gasteiger partial charge in [-0.2, -0.15) is 0 Å². The van der Waals surface area contributed by atoms with Crippen molar-refractivity contribution in [2.75, 3.05) is 13.7 Å². The average Bonchev–Trinajstić information content (AvgIpc) is 2.96. The van der Waals surface area contributed by atoms with E-state index in [1.807, 2.05) is 6.07 Å². The molecule has 1 aromatic heterocycles. The fourth-order valence-corrected chi connectivity index (χ4v) is 3.43. The van der Waals surface area contributed by atoms with Crippen LogP contribution < -0.4 is 10.1 Å². The van der Waals surface area contributed by atoms with Gasteiger partial charge in [-0.15, -0.1) is 0 Å². The Morgan fingerprint density at radius 3 is 2.86 bits per heavy atom. The van der Waals surface area contributed by atoms with Crippen molar-refractivity contribution < 1.29 is 4.74 Å². The van der Waals surface area contributed by atoms with E-state index in [1.54, 1.807) is 7.11 Å². The molecule has 1 aromatic carbocycles. The molecule has 1 aliphatic rings. The first-order chi connectivity index (χ1) is 10.4. The zero-order valence-electron chi connectivity index (χ0n) is 13.0. The molecule has 1 fully saturated rings. The largest absolute Gasteiger partial charge is 0.496 e. The first-order valence-corrected chi connectivity index (χ1v) is 8.24. The summed E-state index contributed by atoms with van der Waals surface area (Å²) in [5.74, 6) is 0.964. The van der Waals surface area contributed by atoms with Crippen LogP contribution in [-0.4, -0.2) is 24.3 Å². The Morgan fingerprint density at radius 2 is 2.05 bits per heavy atom. The number of fused-ring (bicyclic) bond motifs is 1. The van der Waals surface area contributed by atoms with E-state index in [-0.39, 0.29) is 0 Å². The number of hydrogen-bond donors (Lipinski definition) is 1.